The lowest BCUT2D eigenvalue weighted by atomic mass is 10.3. The van der Waals surface area contributed by atoms with E-state index in [0.29, 0.717) is 13.2 Å². The first-order chi connectivity index (χ1) is 8.69. The number of urea groups is 1. The van der Waals surface area contributed by atoms with Gasteiger partial charge in [-0.25, -0.2) is 4.79 Å². The van der Waals surface area contributed by atoms with E-state index in [1.165, 1.54) is 0 Å². The van der Waals surface area contributed by atoms with Crippen LogP contribution in [0, 0.1) is 12.3 Å². The van der Waals surface area contributed by atoms with Crippen molar-refractivity contribution in [2.24, 2.45) is 0 Å². The maximum atomic E-state index is 12.1. The molecule has 18 heavy (non-hydrogen) atoms. The summed E-state index contributed by atoms with van der Waals surface area (Å²) in [4.78, 5) is 17.9. The first kappa shape index (κ1) is 14.8. The van der Waals surface area contributed by atoms with Gasteiger partial charge < -0.3 is 14.5 Å². The van der Waals surface area contributed by atoms with Crippen LogP contribution in [0.2, 0.25) is 0 Å². The first-order valence-electron chi connectivity index (χ1n) is 6.34. The predicted molar refractivity (Wildman–Crippen MR) is 71.4 cm³/mol. The molecule has 0 aromatic carbocycles. The third kappa shape index (κ3) is 4.55. The Bertz CT molecular complexity index is 293. The summed E-state index contributed by atoms with van der Waals surface area (Å²) in [6.07, 6.45) is 6.15. The Labute approximate surface area is 110 Å². The summed E-state index contributed by atoms with van der Waals surface area (Å²) in [6, 6.07) is 0.103. The Morgan fingerprint density at radius 1 is 1.39 bits per heavy atom. The maximum absolute atomic E-state index is 12.1. The second-order valence-corrected chi connectivity index (χ2v) is 4.52. The van der Waals surface area contributed by atoms with Crippen LogP contribution < -0.4 is 0 Å². The molecule has 0 saturated carbocycles. The molecule has 1 rings (SSSR count). The van der Waals surface area contributed by atoms with E-state index < -0.39 is 0 Å². The minimum absolute atomic E-state index is 0.103. The fraction of sp³-hybridized carbons (Fsp3) is 0.769. The van der Waals surface area contributed by atoms with Gasteiger partial charge in [0.1, 0.15) is 0 Å². The Balaban J connectivity index is 2.28. The molecule has 0 unspecified atom stereocenters. The number of carbonyl (C=O) groups is 1. The summed E-state index contributed by atoms with van der Waals surface area (Å²) in [5.41, 5.74) is 0. The summed E-state index contributed by atoms with van der Waals surface area (Å²) < 4.78 is 4.98. The fourth-order valence-electron chi connectivity index (χ4n) is 2.01. The molecule has 0 aromatic rings. The van der Waals surface area contributed by atoms with Gasteiger partial charge in [-0.05, 0) is 6.42 Å². The van der Waals surface area contributed by atoms with Gasteiger partial charge in [-0.2, -0.15) is 0 Å². The van der Waals surface area contributed by atoms with Crippen molar-refractivity contribution in [1.82, 2.24) is 14.7 Å². The van der Waals surface area contributed by atoms with Gasteiger partial charge in [0.15, 0.2) is 0 Å². The molecule has 0 aliphatic carbocycles. The number of terminal acetylenes is 1. The van der Waals surface area contributed by atoms with Gasteiger partial charge in [-0.3, -0.25) is 4.90 Å². The highest BCUT2D eigenvalue weighted by atomic mass is 16.5. The number of carbonyl (C=O) groups excluding carboxylic acids is 1. The quantitative estimate of drug-likeness (QED) is 0.523. The molecular weight excluding hydrogens is 230 g/mol. The van der Waals surface area contributed by atoms with E-state index in [-0.39, 0.29) is 6.03 Å². The minimum atomic E-state index is 0.103. The second kappa shape index (κ2) is 7.96. The number of hydrogen-bond acceptors (Lipinski definition) is 3. The van der Waals surface area contributed by atoms with Gasteiger partial charge in [-0.1, -0.05) is 5.92 Å². The molecule has 1 heterocycles. The van der Waals surface area contributed by atoms with Crippen LogP contribution in [0.25, 0.3) is 0 Å². The monoisotopic (exact) mass is 253 g/mol. The average Bonchev–Trinajstić information content (AvgIpc) is 2.39. The second-order valence-electron chi connectivity index (χ2n) is 4.52. The van der Waals surface area contributed by atoms with E-state index in [1.807, 2.05) is 11.9 Å². The molecule has 0 N–H and O–H groups in total. The zero-order chi connectivity index (χ0) is 13.4. The van der Waals surface area contributed by atoms with Crippen LogP contribution in [0.15, 0.2) is 0 Å². The van der Waals surface area contributed by atoms with E-state index in [0.717, 1.165) is 39.1 Å². The summed E-state index contributed by atoms with van der Waals surface area (Å²) in [5, 5.41) is 0. The predicted octanol–water partition coefficient (Wildman–Crippen LogP) is 0.326. The molecule has 2 amide bonds. The molecule has 1 aliphatic heterocycles. The van der Waals surface area contributed by atoms with E-state index in [1.54, 1.807) is 12.0 Å². The van der Waals surface area contributed by atoms with Crippen molar-refractivity contribution in [2.75, 3.05) is 60.0 Å². The van der Waals surface area contributed by atoms with Gasteiger partial charge in [0, 0.05) is 53.5 Å². The Morgan fingerprint density at radius 3 is 2.61 bits per heavy atom. The lowest BCUT2D eigenvalue weighted by molar-refractivity contribution is 0.120. The molecule has 1 saturated heterocycles. The number of methoxy groups -OCH3 is 1. The van der Waals surface area contributed by atoms with Crippen LogP contribution in [-0.4, -0.2) is 80.8 Å². The lowest BCUT2D eigenvalue weighted by Gasteiger charge is -2.35. The Hall–Kier alpha value is -1.25. The first-order valence-corrected chi connectivity index (χ1v) is 6.34. The van der Waals surface area contributed by atoms with Crippen molar-refractivity contribution in [1.29, 1.82) is 0 Å². The number of rotatable bonds is 5. The highest BCUT2D eigenvalue weighted by molar-refractivity contribution is 5.74. The van der Waals surface area contributed by atoms with Crippen LogP contribution in [0.3, 0.4) is 0 Å². The van der Waals surface area contributed by atoms with Crippen LogP contribution in [0.5, 0.6) is 0 Å². The fourth-order valence-corrected chi connectivity index (χ4v) is 2.01. The molecule has 0 bridgehead atoms. The van der Waals surface area contributed by atoms with Gasteiger partial charge in [0.05, 0.1) is 6.54 Å². The topological polar surface area (TPSA) is 36.0 Å². The van der Waals surface area contributed by atoms with Crippen LogP contribution >= 0.6 is 0 Å². The van der Waals surface area contributed by atoms with Gasteiger partial charge in [-0.15, -0.1) is 6.42 Å². The largest absolute Gasteiger partial charge is 0.385 e. The molecule has 0 spiro atoms. The smallest absolute Gasteiger partial charge is 0.319 e. The molecule has 1 aliphatic rings. The maximum Gasteiger partial charge on any atom is 0.319 e. The Kier molecular flexibility index (Phi) is 6.55. The highest BCUT2D eigenvalue weighted by Crippen LogP contribution is 2.05. The summed E-state index contributed by atoms with van der Waals surface area (Å²) in [6.45, 7) is 5.34. The third-order valence-corrected chi connectivity index (χ3v) is 3.13. The summed E-state index contributed by atoms with van der Waals surface area (Å²) in [5.74, 6) is 2.64. The molecule has 0 aromatic heterocycles. The van der Waals surface area contributed by atoms with Crippen molar-refractivity contribution in [2.45, 2.75) is 6.42 Å². The zero-order valence-electron chi connectivity index (χ0n) is 11.4. The molecule has 102 valence electrons. The minimum Gasteiger partial charge on any atom is -0.385 e. The summed E-state index contributed by atoms with van der Waals surface area (Å²) in [7, 11) is 3.51. The van der Waals surface area contributed by atoms with E-state index in [4.69, 9.17) is 11.2 Å². The average molecular weight is 253 g/mol. The van der Waals surface area contributed by atoms with Gasteiger partial charge in [0.2, 0.25) is 0 Å². The van der Waals surface area contributed by atoms with Crippen molar-refractivity contribution < 1.29 is 9.53 Å². The SMILES string of the molecule is C#CCN1CCN(C(=O)N(C)CCCOC)CC1. The molecule has 0 atom stereocenters. The normalized spacial score (nSPS) is 16.4. The van der Waals surface area contributed by atoms with Crippen molar-refractivity contribution in [3.8, 4) is 12.3 Å². The zero-order valence-corrected chi connectivity index (χ0v) is 11.4. The Morgan fingerprint density at radius 2 is 2.06 bits per heavy atom. The highest BCUT2D eigenvalue weighted by Gasteiger charge is 2.22. The molecule has 1 fully saturated rings. The van der Waals surface area contributed by atoms with Crippen LogP contribution in [-0.2, 0) is 4.74 Å². The third-order valence-electron chi connectivity index (χ3n) is 3.13. The van der Waals surface area contributed by atoms with E-state index in [9.17, 15) is 4.79 Å². The van der Waals surface area contributed by atoms with Crippen molar-refractivity contribution in [3.05, 3.63) is 0 Å². The number of nitrogens with zero attached hydrogens (tertiary/aromatic N) is 3. The number of ether oxygens (including phenoxy) is 1. The standard InChI is InChI=1S/C13H23N3O2/c1-4-6-15-8-10-16(11-9-15)13(17)14(2)7-5-12-18-3/h1H,5-12H2,2-3H3. The number of piperazine rings is 1. The lowest BCUT2D eigenvalue weighted by Crippen LogP contribution is -2.52. The van der Waals surface area contributed by atoms with Crippen molar-refractivity contribution >= 4 is 6.03 Å². The molecular formula is C13H23N3O2. The van der Waals surface area contributed by atoms with Gasteiger partial charge >= 0.3 is 6.03 Å². The van der Waals surface area contributed by atoms with Crippen LogP contribution in [0.1, 0.15) is 6.42 Å². The number of amides is 2. The summed E-state index contributed by atoms with van der Waals surface area (Å²) >= 11 is 0. The van der Waals surface area contributed by atoms with Crippen LogP contribution in [0.4, 0.5) is 4.79 Å². The van der Waals surface area contributed by atoms with Gasteiger partial charge in [0.25, 0.3) is 0 Å². The van der Waals surface area contributed by atoms with Crippen molar-refractivity contribution in [3.63, 3.8) is 0 Å². The van der Waals surface area contributed by atoms with E-state index >= 15 is 0 Å². The molecule has 0 radical (unpaired) electrons. The van der Waals surface area contributed by atoms with E-state index in [2.05, 4.69) is 10.8 Å². The molecule has 5 heteroatoms. The number of hydrogen-bond donors (Lipinski definition) is 0. The molecule has 5 nitrogen and oxygen atoms in total.